The minimum atomic E-state index is -3.52. The first-order valence-corrected chi connectivity index (χ1v) is 10.4. The number of aromatic nitrogens is 2. The van der Waals surface area contributed by atoms with Gasteiger partial charge in [-0.15, -0.1) is 0 Å². The van der Waals surface area contributed by atoms with Crippen LogP contribution in [0.15, 0.2) is 64.0 Å². The van der Waals surface area contributed by atoms with Gasteiger partial charge in [0.05, 0.1) is 4.90 Å². The van der Waals surface area contributed by atoms with Crippen LogP contribution in [0.25, 0.3) is 11.4 Å². The highest BCUT2D eigenvalue weighted by Gasteiger charge is 2.19. The Balaban J connectivity index is 1.66. The zero-order chi connectivity index (χ0) is 21.0. The molecule has 0 radical (unpaired) electrons. The summed E-state index contributed by atoms with van der Waals surface area (Å²) < 4.78 is 30.4. The molecule has 8 nitrogen and oxygen atoms in total. The van der Waals surface area contributed by atoms with Crippen molar-refractivity contribution in [2.45, 2.75) is 17.7 Å². The third-order valence-corrected chi connectivity index (χ3v) is 6.28. The molecule has 0 aliphatic carbocycles. The molecular weight excluding hydrogens is 392 g/mol. The standard InChI is InChI=1S/C20H22N4O4S/c1-14(15-7-5-4-6-8-15)13-21-19(25)20-22-18(23-28-20)16-9-11-17(12-10-16)29(26,27)24(2)3/h4-12,14H,13H2,1-3H3,(H,21,25)/t14-/m1/s1. The van der Waals surface area contributed by atoms with E-state index in [9.17, 15) is 13.2 Å². The Kier molecular flexibility index (Phi) is 6.09. The molecule has 0 spiro atoms. The number of carbonyl (C=O) groups is 1. The highest BCUT2D eigenvalue weighted by atomic mass is 32.2. The van der Waals surface area contributed by atoms with E-state index in [1.165, 1.54) is 26.2 Å². The van der Waals surface area contributed by atoms with Crippen LogP contribution in [-0.2, 0) is 10.0 Å². The monoisotopic (exact) mass is 414 g/mol. The molecule has 0 unspecified atom stereocenters. The normalized spacial score (nSPS) is 12.7. The third-order valence-electron chi connectivity index (χ3n) is 4.45. The van der Waals surface area contributed by atoms with Gasteiger partial charge >= 0.3 is 11.8 Å². The van der Waals surface area contributed by atoms with Crippen molar-refractivity contribution in [1.82, 2.24) is 19.8 Å². The first kappa shape index (κ1) is 20.7. The van der Waals surface area contributed by atoms with Gasteiger partial charge in [0.25, 0.3) is 0 Å². The first-order chi connectivity index (χ1) is 13.8. The molecule has 0 aliphatic heterocycles. The van der Waals surface area contributed by atoms with Crippen LogP contribution in [-0.4, -0.2) is 49.4 Å². The van der Waals surface area contributed by atoms with Crippen LogP contribution < -0.4 is 5.32 Å². The van der Waals surface area contributed by atoms with Crippen molar-refractivity contribution in [3.63, 3.8) is 0 Å². The summed E-state index contributed by atoms with van der Waals surface area (Å²) in [5.41, 5.74) is 1.66. The summed E-state index contributed by atoms with van der Waals surface area (Å²) in [6, 6.07) is 15.9. The third kappa shape index (κ3) is 4.69. The molecule has 9 heteroatoms. The van der Waals surface area contributed by atoms with E-state index < -0.39 is 15.9 Å². The summed E-state index contributed by atoms with van der Waals surface area (Å²) in [6.45, 7) is 2.44. The lowest BCUT2D eigenvalue weighted by Gasteiger charge is -2.11. The van der Waals surface area contributed by atoms with Gasteiger partial charge in [-0.25, -0.2) is 12.7 Å². The Morgan fingerprint density at radius 2 is 1.76 bits per heavy atom. The van der Waals surface area contributed by atoms with Gasteiger partial charge in [0, 0.05) is 26.2 Å². The Labute approximate surface area is 169 Å². The second-order valence-corrected chi connectivity index (χ2v) is 8.91. The van der Waals surface area contributed by atoms with Crippen LogP contribution >= 0.6 is 0 Å². The number of amides is 1. The highest BCUT2D eigenvalue weighted by Crippen LogP contribution is 2.20. The molecule has 3 rings (SSSR count). The van der Waals surface area contributed by atoms with Crippen LogP contribution in [0.2, 0.25) is 0 Å². The van der Waals surface area contributed by atoms with Gasteiger partial charge in [0.1, 0.15) is 0 Å². The minimum Gasteiger partial charge on any atom is -0.347 e. The van der Waals surface area contributed by atoms with E-state index >= 15 is 0 Å². The van der Waals surface area contributed by atoms with E-state index in [1.807, 2.05) is 37.3 Å². The summed E-state index contributed by atoms with van der Waals surface area (Å²) >= 11 is 0. The molecular formula is C20H22N4O4S. The van der Waals surface area contributed by atoms with Crippen molar-refractivity contribution in [2.24, 2.45) is 0 Å². The zero-order valence-corrected chi connectivity index (χ0v) is 17.2. The predicted octanol–water partition coefficient (Wildman–Crippen LogP) is 2.52. The second-order valence-electron chi connectivity index (χ2n) is 6.76. The summed E-state index contributed by atoms with van der Waals surface area (Å²) in [5.74, 6) is -0.266. The lowest BCUT2D eigenvalue weighted by molar-refractivity contribution is 0.0908. The Hall–Kier alpha value is -3.04. The quantitative estimate of drug-likeness (QED) is 0.637. The molecule has 1 heterocycles. The average molecular weight is 414 g/mol. The fourth-order valence-corrected chi connectivity index (χ4v) is 3.54. The van der Waals surface area contributed by atoms with Crippen LogP contribution in [0, 0.1) is 0 Å². The lowest BCUT2D eigenvalue weighted by atomic mass is 10.0. The number of hydrogen-bond donors (Lipinski definition) is 1. The maximum atomic E-state index is 12.3. The van der Waals surface area contributed by atoms with E-state index in [-0.39, 0.29) is 22.5 Å². The van der Waals surface area contributed by atoms with Gasteiger partial charge in [-0.2, -0.15) is 4.98 Å². The lowest BCUT2D eigenvalue weighted by Crippen LogP contribution is -2.27. The van der Waals surface area contributed by atoms with Crippen molar-refractivity contribution >= 4 is 15.9 Å². The summed E-state index contributed by atoms with van der Waals surface area (Å²) in [6.07, 6.45) is 0. The number of rotatable bonds is 7. The molecule has 29 heavy (non-hydrogen) atoms. The molecule has 152 valence electrons. The van der Waals surface area contributed by atoms with Gasteiger partial charge in [-0.3, -0.25) is 4.79 Å². The fraction of sp³-hybridized carbons (Fsp3) is 0.250. The van der Waals surface area contributed by atoms with Crippen LogP contribution in [0.5, 0.6) is 0 Å². The largest absolute Gasteiger partial charge is 0.347 e. The molecule has 1 N–H and O–H groups in total. The fourth-order valence-electron chi connectivity index (χ4n) is 2.64. The predicted molar refractivity (Wildman–Crippen MR) is 108 cm³/mol. The number of nitrogens with one attached hydrogen (secondary N) is 1. The molecule has 3 aromatic rings. The SMILES string of the molecule is C[C@H](CNC(=O)c1nc(-c2ccc(S(=O)(=O)N(C)C)cc2)no1)c1ccccc1. The number of benzene rings is 2. The van der Waals surface area contributed by atoms with Crippen molar-refractivity contribution in [3.8, 4) is 11.4 Å². The highest BCUT2D eigenvalue weighted by molar-refractivity contribution is 7.89. The smallest absolute Gasteiger partial charge is 0.316 e. The van der Waals surface area contributed by atoms with Gasteiger partial charge in [-0.05, 0) is 35.7 Å². The van der Waals surface area contributed by atoms with Gasteiger partial charge < -0.3 is 9.84 Å². The van der Waals surface area contributed by atoms with E-state index in [4.69, 9.17) is 4.52 Å². The minimum absolute atomic E-state index is 0.133. The topological polar surface area (TPSA) is 105 Å². The van der Waals surface area contributed by atoms with Gasteiger partial charge in [0.15, 0.2) is 0 Å². The first-order valence-electron chi connectivity index (χ1n) is 8.99. The molecule has 0 aliphatic rings. The number of nitrogens with zero attached hydrogens (tertiary/aromatic N) is 3. The molecule has 0 bridgehead atoms. The molecule has 2 aromatic carbocycles. The Morgan fingerprint density at radius 3 is 2.38 bits per heavy atom. The molecule has 0 saturated carbocycles. The van der Waals surface area contributed by atoms with Crippen molar-refractivity contribution in [1.29, 1.82) is 0 Å². The maximum Gasteiger partial charge on any atom is 0.316 e. The van der Waals surface area contributed by atoms with E-state index in [1.54, 1.807) is 12.1 Å². The zero-order valence-electron chi connectivity index (χ0n) is 16.4. The molecule has 1 aromatic heterocycles. The van der Waals surface area contributed by atoms with Gasteiger partial charge in [0.2, 0.25) is 15.8 Å². The van der Waals surface area contributed by atoms with Crippen LogP contribution in [0.1, 0.15) is 29.1 Å². The number of sulfonamides is 1. The molecule has 0 fully saturated rings. The van der Waals surface area contributed by atoms with Gasteiger partial charge in [-0.1, -0.05) is 42.4 Å². The van der Waals surface area contributed by atoms with E-state index in [2.05, 4.69) is 15.5 Å². The van der Waals surface area contributed by atoms with Crippen molar-refractivity contribution in [3.05, 3.63) is 66.1 Å². The molecule has 0 saturated heterocycles. The maximum absolute atomic E-state index is 12.3. The number of carbonyl (C=O) groups excluding carboxylic acids is 1. The van der Waals surface area contributed by atoms with Crippen molar-refractivity contribution in [2.75, 3.05) is 20.6 Å². The Bertz CT molecular complexity index is 1080. The average Bonchev–Trinajstić information content (AvgIpc) is 3.22. The van der Waals surface area contributed by atoms with Crippen LogP contribution in [0.4, 0.5) is 0 Å². The Morgan fingerprint density at radius 1 is 1.10 bits per heavy atom. The molecule has 1 atom stereocenters. The van der Waals surface area contributed by atoms with E-state index in [0.29, 0.717) is 12.1 Å². The summed E-state index contributed by atoms with van der Waals surface area (Å²) in [4.78, 5) is 16.6. The molecule has 1 amide bonds. The van der Waals surface area contributed by atoms with Crippen LogP contribution in [0.3, 0.4) is 0 Å². The summed E-state index contributed by atoms with van der Waals surface area (Å²) in [7, 11) is -0.589. The second kappa shape index (κ2) is 8.54. The number of hydrogen-bond acceptors (Lipinski definition) is 6. The summed E-state index contributed by atoms with van der Waals surface area (Å²) in [5, 5.41) is 6.60. The van der Waals surface area contributed by atoms with Crippen molar-refractivity contribution < 1.29 is 17.7 Å². The van der Waals surface area contributed by atoms with E-state index in [0.717, 1.165) is 9.87 Å².